The molecule has 92 valence electrons. The average Bonchev–Trinajstić information content (AvgIpc) is 2.61. The van der Waals surface area contributed by atoms with E-state index in [-0.39, 0.29) is 0 Å². The van der Waals surface area contributed by atoms with Gasteiger partial charge in [0.1, 0.15) is 0 Å². The maximum Gasteiger partial charge on any atom is 0.0720 e. The van der Waals surface area contributed by atoms with Gasteiger partial charge in [0.15, 0.2) is 0 Å². The summed E-state index contributed by atoms with van der Waals surface area (Å²) in [7, 11) is 2.27. The van der Waals surface area contributed by atoms with Gasteiger partial charge < -0.3 is 9.64 Å². The van der Waals surface area contributed by atoms with E-state index in [1.54, 1.807) is 0 Å². The van der Waals surface area contributed by atoms with E-state index in [4.69, 9.17) is 4.74 Å². The zero-order valence-corrected chi connectivity index (χ0v) is 10.5. The Hall–Kier alpha value is -0.860. The van der Waals surface area contributed by atoms with Crippen LogP contribution in [0.3, 0.4) is 0 Å². The second-order valence-corrected chi connectivity index (χ2v) is 5.44. The molecule has 2 heteroatoms. The number of rotatable bonds is 3. The molecule has 0 spiro atoms. The normalized spacial score (nSPS) is 32.9. The van der Waals surface area contributed by atoms with Gasteiger partial charge in [-0.2, -0.15) is 0 Å². The van der Waals surface area contributed by atoms with Crippen molar-refractivity contribution < 1.29 is 4.74 Å². The van der Waals surface area contributed by atoms with Crippen molar-refractivity contribution >= 4 is 0 Å². The molecule has 17 heavy (non-hydrogen) atoms. The van der Waals surface area contributed by atoms with E-state index in [0.717, 1.165) is 18.7 Å². The average molecular weight is 231 g/mol. The first-order chi connectivity index (χ1) is 8.33. The molecule has 0 saturated carbocycles. The summed E-state index contributed by atoms with van der Waals surface area (Å²) in [5.41, 5.74) is 1.29. The number of nitrogens with zero attached hydrogens (tertiary/aromatic N) is 1. The minimum Gasteiger partial charge on any atom is -0.373 e. The Balaban J connectivity index is 1.54. The van der Waals surface area contributed by atoms with E-state index in [9.17, 15) is 0 Å². The molecular weight excluding hydrogens is 210 g/mol. The topological polar surface area (TPSA) is 12.5 Å². The van der Waals surface area contributed by atoms with Crippen LogP contribution >= 0.6 is 0 Å². The largest absolute Gasteiger partial charge is 0.373 e. The summed E-state index contributed by atoms with van der Waals surface area (Å²) in [5, 5.41) is 0. The van der Waals surface area contributed by atoms with Crippen LogP contribution < -0.4 is 0 Å². The van der Waals surface area contributed by atoms with Gasteiger partial charge in [-0.3, -0.25) is 0 Å². The fourth-order valence-corrected chi connectivity index (χ4v) is 3.29. The van der Waals surface area contributed by atoms with Gasteiger partial charge in [0.05, 0.1) is 12.7 Å². The van der Waals surface area contributed by atoms with Crippen LogP contribution in [0.1, 0.15) is 31.2 Å². The van der Waals surface area contributed by atoms with Crippen molar-refractivity contribution in [1.82, 2.24) is 4.90 Å². The van der Waals surface area contributed by atoms with Gasteiger partial charge in [0.2, 0.25) is 0 Å². The molecule has 2 heterocycles. The Morgan fingerprint density at radius 3 is 2.41 bits per heavy atom. The van der Waals surface area contributed by atoms with Gasteiger partial charge in [-0.05, 0) is 38.3 Å². The molecule has 0 aromatic heterocycles. The monoisotopic (exact) mass is 231 g/mol. The minimum atomic E-state index is 0.476. The third kappa shape index (κ3) is 2.38. The van der Waals surface area contributed by atoms with E-state index in [2.05, 4.69) is 42.3 Å². The lowest BCUT2D eigenvalue weighted by atomic mass is 10.0. The molecule has 0 radical (unpaired) electrons. The number of hydrogen-bond donors (Lipinski definition) is 0. The van der Waals surface area contributed by atoms with E-state index >= 15 is 0 Å². The SMILES string of the molecule is CN1[C@@H]2CC[C@H]1C[C@@H](OCc1ccccc1)C2. The molecule has 1 aromatic carbocycles. The molecule has 0 N–H and O–H groups in total. The van der Waals surface area contributed by atoms with Crippen LogP contribution in [0, 0.1) is 0 Å². The summed E-state index contributed by atoms with van der Waals surface area (Å²) in [6.45, 7) is 0.772. The van der Waals surface area contributed by atoms with Crippen LogP contribution in [-0.4, -0.2) is 30.1 Å². The van der Waals surface area contributed by atoms with Crippen LogP contribution in [0.5, 0.6) is 0 Å². The van der Waals surface area contributed by atoms with Gasteiger partial charge in [-0.15, -0.1) is 0 Å². The maximum atomic E-state index is 6.07. The predicted molar refractivity (Wildman–Crippen MR) is 68.8 cm³/mol. The molecular formula is C15H21NO. The first kappa shape index (κ1) is 11.2. The van der Waals surface area contributed by atoms with Crippen molar-refractivity contribution in [2.24, 2.45) is 0 Å². The second kappa shape index (κ2) is 4.79. The maximum absolute atomic E-state index is 6.07. The fraction of sp³-hybridized carbons (Fsp3) is 0.600. The van der Waals surface area contributed by atoms with Crippen molar-refractivity contribution in [2.75, 3.05) is 7.05 Å². The molecule has 2 nitrogen and oxygen atoms in total. The summed E-state index contributed by atoms with van der Waals surface area (Å²) in [6.07, 6.45) is 5.65. The van der Waals surface area contributed by atoms with Crippen LogP contribution in [-0.2, 0) is 11.3 Å². The molecule has 3 atom stereocenters. The molecule has 2 bridgehead atoms. The molecule has 3 rings (SSSR count). The van der Waals surface area contributed by atoms with E-state index in [1.807, 2.05) is 0 Å². The number of fused-ring (bicyclic) bond motifs is 2. The summed E-state index contributed by atoms with van der Waals surface area (Å²) < 4.78 is 6.07. The van der Waals surface area contributed by atoms with Crippen LogP contribution in [0.4, 0.5) is 0 Å². The zero-order valence-electron chi connectivity index (χ0n) is 10.5. The Labute approximate surface area is 104 Å². The molecule has 0 amide bonds. The van der Waals surface area contributed by atoms with E-state index in [1.165, 1.54) is 31.2 Å². The molecule has 2 aliphatic rings. The predicted octanol–water partition coefficient (Wildman–Crippen LogP) is 2.83. The van der Waals surface area contributed by atoms with Crippen molar-refractivity contribution in [3.63, 3.8) is 0 Å². The van der Waals surface area contributed by atoms with Gasteiger partial charge >= 0.3 is 0 Å². The molecule has 0 aliphatic carbocycles. The Morgan fingerprint density at radius 2 is 1.76 bits per heavy atom. The molecule has 2 saturated heterocycles. The number of hydrogen-bond acceptors (Lipinski definition) is 2. The fourth-order valence-electron chi connectivity index (χ4n) is 3.29. The number of ether oxygens (including phenoxy) is 1. The molecule has 2 fully saturated rings. The smallest absolute Gasteiger partial charge is 0.0720 e. The van der Waals surface area contributed by atoms with Gasteiger partial charge in [0.25, 0.3) is 0 Å². The van der Waals surface area contributed by atoms with Gasteiger partial charge in [-0.1, -0.05) is 30.3 Å². The highest BCUT2D eigenvalue weighted by Gasteiger charge is 2.38. The number of piperidine rings is 1. The lowest BCUT2D eigenvalue weighted by Crippen LogP contribution is -2.42. The molecule has 2 aliphatic heterocycles. The van der Waals surface area contributed by atoms with E-state index < -0.39 is 0 Å². The third-order valence-electron chi connectivity index (χ3n) is 4.38. The first-order valence-corrected chi connectivity index (χ1v) is 6.70. The lowest BCUT2D eigenvalue weighted by molar-refractivity contribution is -0.0211. The Bertz CT molecular complexity index is 350. The summed E-state index contributed by atoms with van der Waals surface area (Å²) in [5.74, 6) is 0. The zero-order chi connectivity index (χ0) is 11.7. The first-order valence-electron chi connectivity index (χ1n) is 6.70. The summed E-state index contributed by atoms with van der Waals surface area (Å²) >= 11 is 0. The van der Waals surface area contributed by atoms with Crippen LogP contribution in [0.15, 0.2) is 30.3 Å². The van der Waals surface area contributed by atoms with Gasteiger partial charge in [0, 0.05) is 12.1 Å². The summed E-state index contributed by atoms with van der Waals surface area (Å²) in [4.78, 5) is 2.56. The Morgan fingerprint density at radius 1 is 1.12 bits per heavy atom. The van der Waals surface area contributed by atoms with Crippen molar-refractivity contribution in [1.29, 1.82) is 0 Å². The highest BCUT2D eigenvalue weighted by Crippen LogP contribution is 2.35. The molecule has 1 aromatic rings. The van der Waals surface area contributed by atoms with Gasteiger partial charge in [-0.25, -0.2) is 0 Å². The lowest BCUT2D eigenvalue weighted by Gasteiger charge is -2.36. The highest BCUT2D eigenvalue weighted by atomic mass is 16.5. The highest BCUT2D eigenvalue weighted by molar-refractivity contribution is 5.13. The third-order valence-corrected chi connectivity index (χ3v) is 4.38. The van der Waals surface area contributed by atoms with Crippen molar-refractivity contribution in [2.45, 2.75) is 50.5 Å². The van der Waals surface area contributed by atoms with Crippen LogP contribution in [0.2, 0.25) is 0 Å². The quantitative estimate of drug-likeness (QED) is 0.793. The minimum absolute atomic E-state index is 0.476. The Kier molecular flexibility index (Phi) is 3.17. The van der Waals surface area contributed by atoms with Crippen LogP contribution in [0.25, 0.3) is 0 Å². The van der Waals surface area contributed by atoms with E-state index in [0.29, 0.717) is 6.10 Å². The van der Waals surface area contributed by atoms with Crippen molar-refractivity contribution in [3.05, 3.63) is 35.9 Å². The number of benzene rings is 1. The second-order valence-electron chi connectivity index (χ2n) is 5.44. The molecule has 0 unspecified atom stereocenters. The van der Waals surface area contributed by atoms with Crippen molar-refractivity contribution in [3.8, 4) is 0 Å². The standard InChI is InChI=1S/C15H21NO/c1-16-13-7-8-14(16)10-15(9-13)17-11-12-5-3-2-4-6-12/h2-6,13-15H,7-11H2,1H3/t13-,14+,15+. The summed E-state index contributed by atoms with van der Waals surface area (Å²) in [6, 6.07) is 12.0.